The molecule has 13 heteroatoms. The van der Waals surface area contributed by atoms with Crippen molar-refractivity contribution in [2.75, 3.05) is 23.3 Å². The number of aromatic amines is 1. The summed E-state index contributed by atoms with van der Waals surface area (Å²) < 4.78 is 55.5. The number of amides is 1. The van der Waals surface area contributed by atoms with Crippen molar-refractivity contribution in [3.8, 4) is 0 Å². The Bertz CT molecular complexity index is 1210. The second-order valence-corrected chi connectivity index (χ2v) is 9.38. The number of aromatic nitrogens is 4. The number of nitrogens with zero attached hydrogens (tertiary/aromatic N) is 4. The standard InChI is InChI=1S/C22H22ClF4N7O/c23-12-5-13(24)7-14(6-12)31-18(11-1-2-11)21(35)32-17-9-34(4-3-16(17)22(25,26)27)20-15-8-30-33-19(15)28-10-29-20/h5-8,10-11,16-18,31H,1-4,9H2,(H,32,35)(H,28,29,30,33)/t16-,17-,18+/m0/s1. The Morgan fingerprint density at radius 1 is 1.20 bits per heavy atom. The van der Waals surface area contributed by atoms with Gasteiger partial charge in [0, 0.05) is 23.8 Å². The molecular formula is C22H22ClF4N7O. The summed E-state index contributed by atoms with van der Waals surface area (Å²) in [6.45, 7) is 0.0241. The molecule has 1 amide bonds. The third-order valence-electron chi connectivity index (χ3n) is 6.45. The number of nitrogens with one attached hydrogen (secondary N) is 3. The highest BCUT2D eigenvalue weighted by molar-refractivity contribution is 6.30. The number of benzene rings is 1. The summed E-state index contributed by atoms with van der Waals surface area (Å²) in [4.78, 5) is 23.3. The van der Waals surface area contributed by atoms with Crippen LogP contribution in [-0.4, -0.2) is 57.4 Å². The van der Waals surface area contributed by atoms with Crippen molar-refractivity contribution in [3.63, 3.8) is 0 Å². The van der Waals surface area contributed by atoms with E-state index in [9.17, 15) is 22.4 Å². The fourth-order valence-corrected chi connectivity index (χ4v) is 4.82. The number of piperidine rings is 1. The maximum atomic E-state index is 13.9. The molecular weight excluding hydrogens is 490 g/mol. The van der Waals surface area contributed by atoms with Crippen LogP contribution in [0.25, 0.3) is 11.0 Å². The predicted molar refractivity (Wildman–Crippen MR) is 122 cm³/mol. The number of carbonyl (C=O) groups excluding carboxylic acids is 1. The van der Waals surface area contributed by atoms with Crippen molar-refractivity contribution in [2.24, 2.45) is 11.8 Å². The minimum Gasteiger partial charge on any atom is -0.373 e. The minimum absolute atomic E-state index is 0.0616. The second-order valence-electron chi connectivity index (χ2n) is 8.94. The molecule has 1 aliphatic carbocycles. The van der Waals surface area contributed by atoms with Crippen molar-refractivity contribution >= 4 is 40.0 Å². The molecule has 2 aliphatic rings. The van der Waals surface area contributed by atoms with Gasteiger partial charge < -0.3 is 15.5 Å². The summed E-state index contributed by atoms with van der Waals surface area (Å²) in [5, 5.41) is 13.0. The third kappa shape index (κ3) is 5.12. The Hall–Kier alpha value is -3.15. The first-order valence-electron chi connectivity index (χ1n) is 11.2. The van der Waals surface area contributed by atoms with Gasteiger partial charge in [-0.2, -0.15) is 18.3 Å². The zero-order valence-electron chi connectivity index (χ0n) is 18.3. The van der Waals surface area contributed by atoms with E-state index in [1.54, 1.807) is 4.90 Å². The molecule has 3 heterocycles. The molecule has 1 saturated carbocycles. The molecule has 1 aliphatic heterocycles. The summed E-state index contributed by atoms with van der Waals surface area (Å²) in [6, 6.07) is 1.79. The molecule has 3 N–H and O–H groups in total. The zero-order chi connectivity index (χ0) is 24.7. The number of anilines is 2. The van der Waals surface area contributed by atoms with Crippen LogP contribution in [0.4, 0.5) is 29.1 Å². The van der Waals surface area contributed by atoms with E-state index in [4.69, 9.17) is 11.6 Å². The number of halogens is 5. The highest BCUT2D eigenvalue weighted by Gasteiger charge is 2.49. The van der Waals surface area contributed by atoms with Crippen LogP contribution in [0.1, 0.15) is 19.3 Å². The lowest BCUT2D eigenvalue weighted by molar-refractivity contribution is -0.186. The van der Waals surface area contributed by atoms with Gasteiger partial charge in [-0.25, -0.2) is 14.4 Å². The lowest BCUT2D eigenvalue weighted by atomic mass is 9.90. The lowest BCUT2D eigenvalue weighted by Crippen LogP contribution is -2.59. The van der Waals surface area contributed by atoms with Crippen LogP contribution in [0.15, 0.2) is 30.7 Å². The molecule has 0 unspecified atom stereocenters. The topological polar surface area (TPSA) is 98.8 Å². The molecule has 0 spiro atoms. The Balaban J connectivity index is 1.37. The Morgan fingerprint density at radius 2 is 2.00 bits per heavy atom. The van der Waals surface area contributed by atoms with Crippen molar-refractivity contribution in [2.45, 2.75) is 37.5 Å². The average molecular weight is 512 g/mol. The van der Waals surface area contributed by atoms with Crippen molar-refractivity contribution in [3.05, 3.63) is 41.6 Å². The zero-order valence-corrected chi connectivity index (χ0v) is 19.1. The summed E-state index contributed by atoms with van der Waals surface area (Å²) in [7, 11) is 0. The number of carbonyl (C=O) groups is 1. The molecule has 0 bridgehead atoms. The summed E-state index contributed by atoms with van der Waals surface area (Å²) >= 11 is 5.91. The van der Waals surface area contributed by atoms with E-state index in [0.717, 1.165) is 18.9 Å². The van der Waals surface area contributed by atoms with Crippen LogP contribution in [-0.2, 0) is 4.79 Å². The normalized spacial score (nSPS) is 21.7. The van der Waals surface area contributed by atoms with Gasteiger partial charge in [0.2, 0.25) is 5.91 Å². The van der Waals surface area contributed by atoms with Gasteiger partial charge in [0.05, 0.1) is 23.5 Å². The van der Waals surface area contributed by atoms with Crippen LogP contribution in [0, 0.1) is 17.7 Å². The molecule has 186 valence electrons. The SMILES string of the molecule is O=C(N[C@H]1CN(c2ncnc3[nH]ncc23)CC[C@@H]1C(F)(F)F)[C@H](Nc1cc(F)cc(Cl)c1)C1CC1. The Labute approximate surface area is 202 Å². The number of rotatable bonds is 6. The van der Waals surface area contributed by atoms with Crippen molar-refractivity contribution in [1.82, 2.24) is 25.5 Å². The average Bonchev–Trinajstić information content (AvgIpc) is 3.51. The number of alkyl halides is 3. The first-order chi connectivity index (χ1) is 16.7. The fraction of sp³-hybridized carbons (Fsp3) is 0.455. The van der Waals surface area contributed by atoms with Gasteiger partial charge in [-0.15, -0.1) is 0 Å². The quantitative estimate of drug-likeness (QED) is 0.434. The van der Waals surface area contributed by atoms with Crippen molar-refractivity contribution in [1.29, 1.82) is 0 Å². The van der Waals surface area contributed by atoms with Crippen molar-refractivity contribution < 1.29 is 22.4 Å². The highest BCUT2D eigenvalue weighted by atomic mass is 35.5. The number of hydrogen-bond donors (Lipinski definition) is 3. The largest absolute Gasteiger partial charge is 0.393 e. The summed E-state index contributed by atoms with van der Waals surface area (Å²) in [6.07, 6.45) is -0.375. The molecule has 1 aromatic carbocycles. The molecule has 2 fully saturated rings. The fourth-order valence-electron chi connectivity index (χ4n) is 4.60. The third-order valence-corrected chi connectivity index (χ3v) is 6.67. The number of fused-ring (bicyclic) bond motifs is 1. The minimum atomic E-state index is -4.49. The second kappa shape index (κ2) is 9.14. The van der Waals surface area contributed by atoms with E-state index in [2.05, 4.69) is 30.8 Å². The molecule has 35 heavy (non-hydrogen) atoms. The van der Waals surface area contributed by atoms with Crippen LogP contribution in [0.2, 0.25) is 5.02 Å². The Kier molecular flexibility index (Phi) is 6.16. The molecule has 5 rings (SSSR count). The Morgan fingerprint density at radius 3 is 2.71 bits per heavy atom. The van der Waals surface area contributed by atoms with E-state index in [-0.39, 0.29) is 30.5 Å². The van der Waals surface area contributed by atoms with Crippen LogP contribution in [0.3, 0.4) is 0 Å². The van der Waals surface area contributed by atoms with Crippen LogP contribution < -0.4 is 15.5 Å². The van der Waals surface area contributed by atoms with Gasteiger partial charge >= 0.3 is 6.18 Å². The first-order valence-corrected chi connectivity index (χ1v) is 11.6. The first kappa shape index (κ1) is 23.6. The van der Waals surface area contributed by atoms with E-state index in [1.807, 2.05) is 0 Å². The van der Waals surface area contributed by atoms with Gasteiger partial charge in [0.25, 0.3) is 0 Å². The van der Waals surface area contributed by atoms with Crippen LogP contribution >= 0.6 is 11.6 Å². The van der Waals surface area contributed by atoms with E-state index in [0.29, 0.717) is 22.5 Å². The number of H-pyrrole nitrogens is 1. The molecule has 8 nitrogen and oxygen atoms in total. The highest BCUT2D eigenvalue weighted by Crippen LogP contribution is 2.38. The molecule has 3 aromatic rings. The number of hydrogen-bond acceptors (Lipinski definition) is 6. The molecule has 2 aromatic heterocycles. The predicted octanol–water partition coefficient (Wildman–Crippen LogP) is 3.91. The van der Waals surface area contributed by atoms with Crippen LogP contribution in [0.5, 0.6) is 0 Å². The maximum Gasteiger partial charge on any atom is 0.393 e. The lowest BCUT2D eigenvalue weighted by Gasteiger charge is -2.40. The van der Waals surface area contributed by atoms with Gasteiger partial charge in [-0.1, -0.05) is 11.6 Å². The molecule has 3 atom stereocenters. The maximum absolute atomic E-state index is 13.9. The van der Waals surface area contributed by atoms with Gasteiger partial charge in [0.15, 0.2) is 5.65 Å². The van der Waals surface area contributed by atoms with Gasteiger partial charge in [0.1, 0.15) is 24.0 Å². The van der Waals surface area contributed by atoms with Gasteiger partial charge in [-0.3, -0.25) is 9.89 Å². The van der Waals surface area contributed by atoms with Gasteiger partial charge in [-0.05, 0) is 43.4 Å². The molecule has 1 saturated heterocycles. The van der Waals surface area contributed by atoms with E-state index < -0.39 is 35.9 Å². The van der Waals surface area contributed by atoms with E-state index in [1.165, 1.54) is 24.7 Å². The molecule has 0 radical (unpaired) electrons. The van der Waals surface area contributed by atoms with E-state index >= 15 is 0 Å². The monoisotopic (exact) mass is 511 g/mol. The summed E-state index contributed by atoms with van der Waals surface area (Å²) in [5.74, 6) is -2.47. The summed E-state index contributed by atoms with van der Waals surface area (Å²) in [5.41, 5.74) is 0.767. The smallest absolute Gasteiger partial charge is 0.373 e.